The first-order valence-electron chi connectivity index (χ1n) is 6.74. The molecule has 0 aromatic carbocycles. The molecule has 0 aromatic rings. The minimum Gasteiger partial charge on any atom is -0.380 e. The summed E-state index contributed by atoms with van der Waals surface area (Å²) < 4.78 is 19.5. The topological polar surface area (TPSA) is 67.2 Å². The first kappa shape index (κ1) is 13.4. The summed E-state index contributed by atoms with van der Waals surface area (Å²) in [7, 11) is 0. The van der Waals surface area contributed by atoms with E-state index >= 15 is 0 Å². The van der Waals surface area contributed by atoms with Gasteiger partial charge >= 0.3 is 0 Å². The van der Waals surface area contributed by atoms with E-state index in [2.05, 4.69) is 28.6 Å². The molecule has 0 radical (unpaired) electrons. The fourth-order valence-corrected chi connectivity index (χ4v) is 0.471. The Morgan fingerprint density at radius 1 is 1.19 bits per heavy atom. The molecule has 0 aliphatic carbocycles. The van der Waals surface area contributed by atoms with E-state index in [1.807, 2.05) is 41.5 Å². The molecule has 0 rings (SSSR count). The summed E-state index contributed by atoms with van der Waals surface area (Å²) in [5.74, 6) is 0. The van der Waals surface area contributed by atoms with Crippen molar-refractivity contribution in [1.29, 1.82) is 0 Å². The molecule has 0 saturated carbocycles. The van der Waals surface area contributed by atoms with Gasteiger partial charge in [-0.25, -0.2) is 0 Å². The number of thiocarbonyl (C=S) groups is 1. The summed E-state index contributed by atoms with van der Waals surface area (Å²) in [4.78, 5) is 9.81. The molecular weight excluding hydrogens is 222 g/mol. The van der Waals surface area contributed by atoms with Gasteiger partial charge in [0.2, 0.25) is 6.39 Å². The zero-order valence-corrected chi connectivity index (χ0v) is 11.9. The van der Waals surface area contributed by atoms with E-state index < -0.39 is 6.39 Å². The van der Waals surface area contributed by atoms with Crippen LogP contribution in [0.2, 0.25) is 1.41 Å². The van der Waals surface area contributed by atoms with Gasteiger partial charge in [0.15, 0.2) is 0 Å². The summed E-state index contributed by atoms with van der Waals surface area (Å²) in [5, 5.41) is 5.04. The van der Waals surface area contributed by atoms with E-state index in [1.54, 1.807) is 0 Å². The van der Waals surface area contributed by atoms with Gasteiger partial charge in [-0.3, -0.25) is 4.79 Å². The second-order valence-corrected chi connectivity index (χ2v) is 4.16. The van der Waals surface area contributed by atoms with Crippen LogP contribution in [0.15, 0.2) is 0 Å². The van der Waals surface area contributed by atoms with Gasteiger partial charge in [-0.05, 0) is 33.7 Å². The van der Waals surface area contributed by atoms with Crippen molar-refractivity contribution in [3.05, 3.63) is 0 Å². The summed E-state index contributed by atoms with van der Waals surface area (Å²) in [6.07, 6.45) is -0.713. The van der Waals surface area contributed by atoms with Crippen LogP contribution in [0.25, 0.3) is 0 Å². The zero-order valence-electron chi connectivity index (χ0n) is 14.0. The highest BCUT2D eigenvalue weighted by molar-refractivity contribution is 7.78. The molecule has 0 aromatic heterocycles. The number of hydrogen-bond donors (Lipinski definition) is 3. The lowest BCUT2D eigenvalue weighted by molar-refractivity contribution is -0.109. The number of carbonyl (C=O) groups is 1. The molecule has 0 bridgehead atoms. The van der Waals surface area contributed by atoms with Gasteiger partial charge in [0.1, 0.15) is 2.78 Å². The van der Waals surface area contributed by atoms with Crippen LogP contribution in [0.1, 0.15) is 44.3 Å². The van der Waals surface area contributed by atoms with Crippen molar-refractivity contribution in [3.8, 4) is 0 Å². The molecule has 16 heavy (non-hydrogen) atoms. The van der Waals surface area contributed by atoms with Gasteiger partial charge in [0.25, 0.3) is 0 Å². The summed E-state index contributed by atoms with van der Waals surface area (Å²) in [6.45, 7) is 11.4. The predicted molar refractivity (Wildman–Crippen MR) is 75.6 cm³/mol. The van der Waals surface area contributed by atoms with Crippen LogP contribution in [-0.2, 0) is 4.79 Å². The van der Waals surface area contributed by atoms with E-state index in [-0.39, 0.29) is 11.5 Å². The minimum atomic E-state index is -0.713. The maximum atomic E-state index is 9.81. The molecule has 98 valence electrons. The smallest absolute Gasteiger partial charge is 0.207 e. The number of nitrogens with one attached hydrogen (secondary N) is 2. The van der Waals surface area contributed by atoms with Gasteiger partial charge in [0.05, 0.1) is 6.84 Å². The minimum absolute atomic E-state index is 0.0880. The van der Waals surface area contributed by atoms with Crippen molar-refractivity contribution < 1.29 is 8.95 Å². The first-order chi connectivity index (χ1) is 8.52. The molecule has 4 N–H and O–H groups in total. The van der Waals surface area contributed by atoms with E-state index in [1.165, 1.54) is 0 Å². The van der Waals surface area contributed by atoms with Gasteiger partial charge < -0.3 is 16.4 Å². The predicted octanol–water partition coefficient (Wildman–Crippen LogP) is 1.44. The average molecular weight is 252 g/mol. The average Bonchev–Trinajstić information content (AvgIpc) is 2.14. The summed E-state index contributed by atoms with van der Waals surface area (Å²) >= 11 is 4.43. The van der Waals surface area contributed by atoms with Gasteiger partial charge in [-0.2, -0.15) is 0 Å². The molecule has 4 nitrogen and oxygen atoms in total. The molecule has 0 spiro atoms. The Bertz CT molecular complexity index is 219. The van der Waals surface area contributed by atoms with Crippen LogP contribution >= 0.6 is 12.2 Å². The largest absolute Gasteiger partial charge is 0.380 e. The fourth-order valence-electron chi connectivity index (χ4n) is 0.236. The molecule has 0 unspecified atom stereocenters. The molecule has 0 heterocycles. The molecule has 5 heteroatoms. The molecule has 0 aliphatic rings. The number of hydrogen-bond acceptors (Lipinski definition) is 3. The van der Waals surface area contributed by atoms with Crippen molar-refractivity contribution in [2.75, 3.05) is 0 Å². The first-order valence-corrected chi connectivity index (χ1v) is 5.65. The quantitative estimate of drug-likeness (QED) is 0.525. The Balaban J connectivity index is -0.000000206. The van der Waals surface area contributed by atoms with Gasteiger partial charge in [-0.15, -0.1) is 0 Å². The second kappa shape index (κ2) is 16.7. The van der Waals surface area contributed by atoms with Gasteiger partial charge in [0, 0.05) is 12.1 Å². The number of amides is 1. The standard InChI is InChI=1S/C4H9NO.C4H9NS.C3H9N/c2*1-4(2)5-3-6;1-3(2)4/h2*3-4H,1-2H3,(H,5,6);3H,4H2,1-2H3/i2*3D;/hD. The van der Waals surface area contributed by atoms with Crippen LogP contribution in [0.3, 0.4) is 0 Å². The van der Waals surface area contributed by atoms with Crippen molar-refractivity contribution in [3.63, 3.8) is 0 Å². The normalized spacial score (nSPS) is 11.2. The monoisotopic (exact) mass is 252 g/mol. The lowest BCUT2D eigenvalue weighted by Crippen LogP contribution is -2.19. The van der Waals surface area contributed by atoms with Crippen LogP contribution in [0, 0.1) is 0 Å². The number of rotatable bonds is 3. The van der Waals surface area contributed by atoms with Gasteiger partial charge in [-0.1, -0.05) is 26.1 Å². The highest BCUT2D eigenvalue weighted by Gasteiger charge is 1.81. The Hall–Kier alpha value is -0.680. The Labute approximate surface area is 110 Å². The number of carbonyl (C=O) groups excluding carboxylic acids is 1. The molecule has 0 atom stereocenters. The third-order valence-electron chi connectivity index (χ3n) is 0.695. The Morgan fingerprint density at radius 3 is 1.56 bits per heavy atom. The SMILES string of the molecule is [2H]C(=O)NC(C)C.[2H]C(=S)NC(C)C.[2H]NC(C)C. The molecule has 0 fully saturated rings. The molecule has 1 amide bonds. The fraction of sp³-hybridized carbons (Fsp3) is 0.818. The molecule has 0 aliphatic heterocycles. The van der Waals surface area contributed by atoms with Crippen LogP contribution in [0.4, 0.5) is 0 Å². The Kier molecular flexibility index (Phi) is 14.0. The van der Waals surface area contributed by atoms with E-state index in [9.17, 15) is 4.79 Å². The zero-order chi connectivity index (χ0) is 16.0. The van der Waals surface area contributed by atoms with Crippen LogP contribution in [0.5, 0.6) is 0 Å². The highest BCUT2D eigenvalue weighted by atomic mass is 32.1. The summed E-state index contributed by atoms with van der Waals surface area (Å²) in [5.41, 5.74) is 2.40. The molecular formula is C11H27N3OS. The van der Waals surface area contributed by atoms with Crippen LogP contribution in [-0.4, -0.2) is 30.0 Å². The summed E-state index contributed by atoms with van der Waals surface area (Å²) in [6, 6.07) is 0.685. The van der Waals surface area contributed by atoms with E-state index in [4.69, 9.17) is 4.15 Å². The van der Waals surface area contributed by atoms with E-state index in [0.29, 0.717) is 12.1 Å². The lowest BCUT2D eigenvalue weighted by atomic mass is 10.4. The van der Waals surface area contributed by atoms with Crippen molar-refractivity contribution in [2.45, 2.75) is 59.7 Å². The van der Waals surface area contributed by atoms with Crippen molar-refractivity contribution in [1.82, 2.24) is 10.6 Å². The maximum absolute atomic E-state index is 9.81. The van der Waals surface area contributed by atoms with Crippen molar-refractivity contribution >= 4 is 24.1 Å². The lowest BCUT2D eigenvalue weighted by Gasteiger charge is -1.98. The highest BCUT2D eigenvalue weighted by Crippen LogP contribution is 1.69. The van der Waals surface area contributed by atoms with Crippen molar-refractivity contribution in [2.24, 2.45) is 5.73 Å². The molecule has 0 saturated heterocycles. The third-order valence-corrected chi connectivity index (χ3v) is 0.813. The number of nitrogens with two attached hydrogens (primary N) is 1. The third kappa shape index (κ3) is 71.4. The van der Waals surface area contributed by atoms with Crippen LogP contribution < -0.4 is 16.4 Å². The maximum Gasteiger partial charge on any atom is 0.207 e. The second-order valence-electron chi connectivity index (χ2n) is 3.96. The van der Waals surface area contributed by atoms with E-state index in [0.717, 1.165) is 0 Å². The Morgan fingerprint density at radius 2 is 1.56 bits per heavy atom.